The van der Waals surface area contributed by atoms with Gasteiger partial charge in [-0.25, -0.2) is 16.8 Å². The summed E-state index contributed by atoms with van der Waals surface area (Å²) in [7, 11) is -11.6. The molecule has 0 radical (unpaired) electrons. The number of hydrogen-bond donors (Lipinski definition) is 0. The Labute approximate surface area is 735 Å². The third kappa shape index (κ3) is 73.7. The molecule has 0 rings (SSSR count). The summed E-state index contributed by atoms with van der Waals surface area (Å²) in [5.74, 6) is -3.49. The molecule has 0 aromatic heterocycles. The summed E-state index contributed by atoms with van der Waals surface area (Å²) in [5, 5.41) is -4.11. The fraction of sp³-hybridized carbons (Fsp3) is 0.960. The molecule has 0 aromatic carbocycles. The summed E-state index contributed by atoms with van der Waals surface area (Å²) < 4.78 is 89.1. The number of ether oxygens (including phenoxy) is 4. The summed E-state index contributed by atoms with van der Waals surface area (Å²) in [6.07, 6.45) is 95.1. The van der Waals surface area contributed by atoms with Crippen LogP contribution in [-0.2, 0) is 58.4 Å². The normalized spacial score (nSPS) is 13.5. The smallest absolute Gasteiger partial charge is 0.323 e. The van der Waals surface area contributed by atoms with Crippen LogP contribution in [0, 0.1) is 23.7 Å². The highest BCUT2D eigenvalue weighted by Gasteiger charge is 2.38. The molecule has 0 fully saturated rings. The molecule has 0 N–H and O–H groups in total. The molecule has 6 unspecified atom stereocenters. The van der Waals surface area contributed by atoms with Crippen LogP contribution < -0.4 is 0 Å². The van der Waals surface area contributed by atoms with E-state index in [-0.39, 0.29) is 50.1 Å². The van der Waals surface area contributed by atoms with Crippen LogP contribution in [0.5, 0.6) is 0 Å². The highest BCUT2D eigenvalue weighted by molar-refractivity contribution is 7.87. The SMILES string of the molecule is CCCCC(CC)COC(=O)CC(C(=O)OCC(CC)CCCC)S(=O)(=O)[O-].CCCCC(CC)COC(=O)CC(C(=O)OCC(CC)CCCC)S(=O)(=O)[O-].CCCCCCCC[P+](CCCCCCCC)(CCCCCCCC)CCCCCCCCCCCC[P+](CCCCCCCC)(CCCCCCCC)CCCCCCCC. The molecule has 118 heavy (non-hydrogen) atoms. The second-order valence-corrected chi connectivity index (χ2v) is 48.3. The average molecular weight is 1750 g/mol. The van der Waals surface area contributed by atoms with E-state index in [4.69, 9.17) is 18.9 Å². The van der Waals surface area contributed by atoms with Crippen molar-refractivity contribution in [2.24, 2.45) is 23.7 Å². The Morgan fingerprint density at radius 1 is 0.229 bits per heavy atom. The molecule has 18 heteroatoms. The summed E-state index contributed by atoms with van der Waals surface area (Å²) in [6.45, 7) is 30.8. The fourth-order valence-corrected chi connectivity index (χ4v) is 27.8. The van der Waals surface area contributed by atoms with Crippen LogP contribution in [0.3, 0.4) is 0 Å². The predicted molar refractivity (Wildman–Crippen MR) is 512 cm³/mol. The number of rotatable bonds is 87. The summed E-state index contributed by atoms with van der Waals surface area (Å²) in [6, 6.07) is 0. The number of esters is 4. The Bertz CT molecular complexity index is 2190. The van der Waals surface area contributed by atoms with Crippen molar-refractivity contribution < 1.29 is 64.1 Å². The van der Waals surface area contributed by atoms with Crippen molar-refractivity contribution in [1.82, 2.24) is 0 Å². The van der Waals surface area contributed by atoms with Crippen molar-refractivity contribution in [2.45, 2.75) is 518 Å². The lowest BCUT2D eigenvalue weighted by Crippen LogP contribution is -2.35. The molecule has 0 saturated heterocycles. The van der Waals surface area contributed by atoms with Crippen LogP contribution >= 0.6 is 14.5 Å². The lowest BCUT2D eigenvalue weighted by Gasteiger charge is -2.29. The molecule has 0 amide bonds. The van der Waals surface area contributed by atoms with Gasteiger partial charge in [0.05, 0.1) is 88.6 Å². The molecule has 0 saturated carbocycles. The molecule has 0 aromatic rings. The molecular formula is C100H200O14P2S2. The maximum absolute atomic E-state index is 12.1. The molecule has 0 aliphatic rings. The van der Waals surface area contributed by atoms with E-state index < -0.39 is 82.0 Å². The van der Waals surface area contributed by atoms with Crippen molar-refractivity contribution in [1.29, 1.82) is 0 Å². The number of carbonyl (C=O) groups is 4. The quantitative estimate of drug-likeness (QED) is 0.0182. The second kappa shape index (κ2) is 86.3. The van der Waals surface area contributed by atoms with Gasteiger partial charge in [0.1, 0.15) is 20.2 Å². The first kappa shape index (κ1) is 121. The van der Waals surface area contributed by atoms with E-state index in [1.807, 2.05) is 27.7 Å². The van der Waals surface area contributed by atoms with E-state index in [9.17, 15) is 45.1 Å². The molecule has 0 aliphatic heterocycles. The van der Waals surface area contributed by atoms with Crippen LogP contribution in [0.2, 0.25) is 0 Å². The molecule has 0 heterocycles. The molecular weight excluding hydrogens is 1550 g/mol. The monoisotopic (exact) mass is 1750 g/mol. The molecule has 706 valence electrons. The minimum atomic E-state index is -5.01. The van der Waals surface area contributed by atoms with Gasteiger partial charge in [-0.1, -0.05) is 367 Å². The lowest BCUT2D eigenvalue weighted by molar-refractivity contribution is -0.151. The Hall–Kier alpha value is -1.44. The van der Waals surface area contributed by atoms with E-state index in [0.717, 1.165) is 103 Å². The van der Waals surface area contributed by atoms with Crippen molar-refractivity contribution in [3.63, 3.8) is 0 Å². The van der Waals surface area contributed by atoms with E-state index in [1.165, 1.54) is 244 Å². The van der Waals surface area contributed by atoms with E-state index in [0.29, 0.717) is 0 Å². The van der Waals surface area contributed by atoms with Gasteiger partial charge in [0.15, 0.2) is 10.5 Å². The third-order valence-corrected chi connectivity index (χ3v) is 37.6. The summed E-state index contributed by atoms with van der Waals surface area (Å²) in [5.41, 5.74) is 0. The van der Waals surface area contributed by atoms with Crippen molar-refractivity contribution in [3.8, 4) is 0 Å². The second-order valence-electron chi connectivity index (χ2n) is 36.3. The zero-order valence-corrected chi connectivity index (χ0v) is 84.1. The molecule has 6 atom stereocenters. The Balaban J connectivity index is -0.00000194. The Morgan fingerprint density at radius 3 is 0.534 bits per heavy atom. The fourth-order valence-electron chi connectivity index (χ4n) is 16.6. The van der Waals surface area contributed by atoms with Crippen LogP contribution in [0.15, 0.2) is 0 Å². The number of hydrogen-bond acceptors (Lipinski definition) is 14. The van der Waals surface area contributed by atoms with Gasteiger partial charge in [-0.15, -0.1) is 0 Å². The molecule has 14 nitrogen and oxygen atoms in total. The first-order valence-electron chi connectivity index (χ1n) is 51.2. The minimum absolute atomic E-state index is 0.0470. The summed E-state index contributed by atoms with van der Waals surface area (Å²) in [4.78, 5) is 48.3. The van der Waals surface area contributed by atoms with Gasteiger partial charge in [-0.2, -0.15) is 0 Å². The topological polar surface area (TPSA) is 220 Å². The molecule has 0 bridgehead atoms. The zero-order chi connectivity index (χ0) is 88.3. The van der Waals surface area contributed by atoms with Crippen LogP contribution in [0.25, 0.3) is 0 Å². The van der Waals surface area contributed by atoms with Gasteiger partial charge < -0.3 is 28.1 Å². The van der Waals surface area contributed by atoms with E-state index in [1.54, 1.807) is 101 Å². The first-order valence-corrected chi connectivity index (χ1v) is 59.2. The zero-order valence-electron chi connectivity index (χ0n) is 80.6. The average Bonchev–Trinajstić information content (AvgIpc) is 0.867. The van der Waals surface area contributed by atoms with Gasteiger partial charge in [-0.05, 0) is 152 Å². The van der Waals surface area contributed by atoms with Crippen molar-refractivity contribution in [2.75, 3.05) is 75.7 Å². The van der Waals surface area contributed by atoms with E-state index in [2.05, 4.69) is 69.2 Å². The van der Waals surface area contributed by atoms with Gasteiger partial charge in [0, 0.05) is 14.5 Å². The highest BCUT2D eigenvalue weighted by Crippen LogP contribution is 2.63. The third-order valence-electron chi connectivity index (χ3n) is 25.4. The van der Waals surface area contributed by atoms with Gasteiger partial charge in [-0.3, -0.25) is 19.2 Å². The minimum Gasteiger partial charge on any atom is -0.747 e. The predicted octanol–water partition coefficient (Wildman–Crippen LogP) is 30.7. The maximum Gasteiger partial charge on any atom is 0.323 e. The Kier molecular flexibility index (Phi) is 88.3. The van der Waals surface area contributed by atoms with Gasteiger partial charge >= 0.3 is 23.9 Å². The largest absolute Gasteiger partial charge is 0.747 e. The van der Waals surface area contributed by atoms with Crippen LogP contribution in [0.1, 0.15) is 508 Å². The molecule has 0 spiro atoms. The highest BCUT2D eigenvalue weighted by atomic mass is 32.2. The van der Waals surface area contributed by atoms with E-state index >= 15 is 0 Å². The maximum atomic E-state index is 12.1. The first-order chi connectivity index (χ1) is 56.9. The van der Waals surface area contributed by atoms with Crippen LogP contribution in [0.4, 0.5) is 0 Å². The van der Waals surface area contributed by atoms with Crippen LogP contribution in [-0.4, -0.2) is 136 Å². The van der Waals surface area contributed by atoms with Crippen molar-refractivity contribution in [3.05, 3.63) is 0 Å². The summed E-state index contributed by atoms with van der Waals surface area (Å²) >= 11 is 0. The lowest BCUT2D eigenvalue weighted by atomic mass is 10.0. The number of unbranched alkanes of at least 4 members (excludes halogenated alkanes) is 43. The standard InChI is InChI=1S/C60H126P2.2C20H38O7S/c1-7-13-19-25-37-45-53-61(54-46-38-26-20-14-8-2,55-47-39-27-21-15-9-3)59-51-43-35-33-31-32-34-36-44-52-60-62(56-48-40-28-22-16-10-4,57-49-41-29-23-17-11-5)58-50-42-30-24-18-12-6;2*1-5-9-11-16(7-3)14-26-19(21)13-18(28(23,24)25)20(22)27-15-17(8-4)12-10-6-2/h7-60H2,1-6H3;2*16-18H,5-15H2,1-4H3,(H,23,24,25)/q+2;;/p-2. The Morgan fingerprint density at radius 2 is 0.381 bits per heavy atom. The molecule has 0 aliphatic carbocycles. The van der Waals surface area contributed by atoms with Gasteiger partial charge in [0.2, 0.25) is 0 Å². The van der Waals surface area contributed by atoms with Crippen molar-refractivity contribution >= 4 is 58.6 Å². The van der Waals surface area contributed by atoms with Gasteiger partial charge in [0.25, 0.3) is 0 Å². The number of carbonyl (C=O) groups excluding carboxylic acids is 4.